The number of benzene rings is 2. The van der Waals surface area contributed by atoms with Crippen LogP contribution < -0.4 is 9.62 Å². The van der Waals surface area contributed by atoms with Crippen molar-refractivity contribution in [2.45, 2.75) is 60.6 Å². The molecule has 0 saturated carbocycles. The second-order valence-electron chi connectivity index (χ2n) is 8.85. The third kappa shape index (κ3) is 6.38. The number of carbonyl (C=O) groups is 1. The van der Waals surface area contributed by atoms with Crippen LogP contribution >= 0.6 is 11.8 Å². The molecule has 0 bridgehead atoms. The minimum atomic E-state index is -4.01. The lowest BCUT2D eigenvalue weighted by Crippen LogP contribution is -2.52. The fraction of sp³-hybridized carbons (Fsp3) is 0.458. The van der Waals surface area contributed by atoms with Crippen LogP contribution in [0.25, 0.3) is 0 Å². The number of para-hydroxylation sites is 1. The molecule has 11 heteroatoms. The molecule has 0 amide bonds. The number of unbranched alkanes of at least 4 members (excludes halogenated alkanes) is 1. The van der Waals surface area contributed by atoms with E-state index in [2.05, 4.69) is 11.6 Å². The zero-order valence-electron chi connectivity index (χ0n) is 20.2. The number of nitrogens with zero attached hydrogens (tertiary/aromatic N) is 1. The standard InChI is InChI=1S/C24H32N2O6S3/c1-4-6-12-24(5-2)17-26(19-10-8-7-9-11-19)20-14-21(34(3,29)30)18(15-33-16-23(27)28)13-22(20)35(31,32)25-24/h7-11,13-14,25H,4-6,12,15-17H2,1-3H3,(H,27,28)/t24-/m1/s1. The van der Waals surface area contributed by atoms with E-state index in [0.29, 0.717) is 25.1 Å². The maximum Gasteiger partial charge on any atom is 0.313 e. The van der Waals surface area contributed by atoms with Gasteiger partial charge in [0, 0.05) is 24.2 Å². The number of carboxylic acid groups (broad SMARTS) is 1. The summed E-state index contributed by atoms with van der Waals surface area (Å²) in [6.07, 6.45) is 4.01. The van der Waals surface area contributed by atoms with Crippen molar-refractivity contribution in [3.05, 3.63) is 48.0 Å². The largest absolute Gasteiger partial charge is 0.481 e. The summed E-state index contributed by atoms with van der Waals surface area (Å²) in [7, 11) is -7.73. The summed E-state index contributed by atoms with van der Waals surface area (Å²) in [5.74, 6) is -1.20. The zero-order valence-corrected chi connectivity index (χ0v) is 22.6. The molecule has 8 nitrogen and oxygen atoms in total. The van der Waals surface area contributed by atoms with Gasteiger partial charge < -0.3 is 10.0 Å². The number of sulfone groups is 1. The fourth-order valence-corrected chi connectivity index (χ4v) is 7.82. The van der Waals surface area contributed by atoms with Crippen molar-refractivity contribution in [1.82, 2.24) is 4.72 Å². The number of carboxylic acids is 1. The predicted molar refractivity (Wildman–Crippen MR) is 140 cm³/mol. The molecule has 1 aliphatic rings. The maximum absolute atomic E-state index is 13.7. The van der Waals surface area contributed by atoms with Crippen molar-refractivity contribution < 1.29 is 26.7 Å². The Hall–Kier alpha value is -2.08. The van der Waals surface area contributed by atoms with E-state index in [1.165, 1.54) is 12.1 Å². The van der Waals surface area contributed by atoms with Crippen LogP contribution in [0.2, 0.25) is 0 Å². The van der Waals surface area contributed by atoms with Crippen molar-refractivity contribution in [1.29, 1.82) is 0 Å². The number of hydrogen-bond acceptors (Lipinski definition) is 7. The van der Waals surface area contributed by atoms with Crippen LogP contribution in [0.5, 0.6) is 0 Å². The lowest BCUT2D eigenvalue weighted by molar-refractivity contribution is -0.133. The van der Waals surface area contributed by atoms with Gasteiger partial charge in [-0.3, -0.25) is 4.79 Å². The monoisotopic (exact) mass is 540 g/mol. The van der Waals surface area contributed by atoms with Crippen LogP contribution in [0.3, 0.4) is 0 Å². The van der Waals surface area contributed by atoms with Gasteiger partial charge in [-0.25, -0.2) is 21.6 Å². The molecular formula is C24H32N2O6S3. The van der Waals surface area contributed by atoms with Gasteiger partial charge in [0.2, 0.25) is 10.0 Å². The highest BCUT2D eigenvalue weighted by atomic mass is 32.2. The van der Waals surface area contributed by atoms with Crippen LogP contribution in [-0.4, -0.2) is 52.0 Å². The number of thioether (sulfide) groups is 1. The Morgan fingerprint density at radius 3 is 2.46 bits per heavy atom. The fourth-order valence-electron chi connectivity index (χ4n) is 4.33. The third-order valence-electron chi connectivity index (χ3n) is 6.17. The molecule has 0 aliphatic carbocycles. The summed E-state index contributed by atoms with van der Waals surface area (Å²) in [6, 6.07) is 12.2. The van der Waals surface area contributed by atoms with Crippen LogP contribution in [0.4, 0.5) is 11.4 Å². The Morgan fingerprint density at radius 2 is 1.89 bits per heavy atom. The molecule has 0 saturated heterocycles. The number of fused-ring (bicyclic) bond motifs is 1. The van der Waals surface area contributed by atoms with Crippen LogP contribution in [0.1, 0.15) is 45.1 Å². The Kier molecular flexibility index (Phi) is 8.56. The van der Waals surface area contributed by atoms with E-state index >= 15 is 0 Å². The van der Waals surface area contributed by atoms with Crippen LogP contribution in [0.15, 0.2) is 52.3 Å². The molecule has 0 radical (unpaired) electrons. The van der Waals surface area contributed by atoms with E-state index in [9.17, 15) is 21.6 Å². The van der Waals surface area contributed by atoms with E-state index in [1.807, 2.05) is 42.2 Å². The predicted octanol–water partition coefficient (Wildman–Crippen LogP) is 4.18. The van der Waals surface area contributed by atoms with Gasteiger partial charge in [0.05, 0.1) is 21.9 Å². The molecule has 1 aliphatic heterocycles. The number of sulfonamides is 1. The average Bonchev–Trinajstić information content (AvgIpc) is 2.89. The molecule has 192 valence electrons. The van der Waals surface area contributed by atoms with Gasteiger partial charge in [-0.1, -0.05) is 44.9 Å². The molecule has 1 heterocycles. The first-order chi connectivity index (χ1) is 16.4. The SMILES string of the molecule is CCCC[C@]1(CC)CN(c2ccccc2)c2cc(S(C)(=O)=O)c(CSCC(=O)O)cc2S(=O)(=O)N1. The Bertz CT molecular complexity index is 1280. The van der Waals surface area contributed by atoms with E-state index in [0.717, 1.165) is 36.5 Å². The van der Waals surface area contributed by atoms with Gasteiger partial charge in [-0.2, -0.15) is 0 Å². The minimum absolute atomic E-state index is 0.00262. The van der Waals surface area contributed by atoms with Crippen LogP contribution in [0, 0.1) is 0 Å². The summed E-state index contributed by atoms with van der Waals surface area (Å²) < 4.78 is 55.9. The molecule has 0 unspecified atom stereocenters. The van der Waals surface area contributed by atoms with E-state index < -0.39 is 31.4 Å². The number of rotatable bonds is 10. The molecule has 2 aromatic rings. The van der Waals surface area contributed by atoms with Crippen molar-refractivity contribution in [3.63, 3.8) is 0 Å². The first kappa shape index (κ1) is 27.5. The van der Waals surface area contributed by atoms with Gasteiger partial charge in [0.25, 0.3) is 0 Å². The summed E-state index contributed by atoms with van der Waals surface area (Å²) in [6.45, 7) is 4.35. The van der Waals surface area contributed by atoms with Crippen molar-refractivity contribution in [2.75, 3.05) is 23.5 Å². The Morgan fingerprint density at radius 1 is 1.20 bits per heavy atom. The Labute approximate surface area is 212 Å². The van der Waals surface area contributed by atoms with Gasteiger partial charge in [-0.05, 0) is 42.7 Å². The van der Waals surface area contributed by atoms with Crippen LogP contribution in [-0.2, 0) is 30.4 Å². The molecule has 35 heavy (non-hydrogen) atoms. The summed E-state index contributed by atoms with van der Waals surface area (Å²) in [5, 5.41) is 9.00. The maximum atomic E-state index is 13.7. The Balaban J connectivity index is 2.28. The highest BCUT2D eigenvalue weighted by Crippen LogP contribution is 2.41. The highest BCUT2D eigenvalue weighted by Gasteiger charge is 2.41. The molecule has 2 N–H and O–H groups in total. The van der Waals surface area contributed by atoms with Crippen molar-refractivity contribution in [3.8, 4) is 0 Å². The summed E-state index contributed by atoms with van der Waals surface area (Å²) >= 11 is 1.02. The smallest absolute Gasteiger partial charge is 0.313 e. The second-order valence-corrected chi connectivity index (χ2v) is 13.5. The van der Waals surface area contributed by atoms with Crippen molar-refractivity contribution >= 4 is 49.0 Å². The molecule has 2 aromatic carbocycles. The molecule has 0 spiro atoms. The quantitative estimate of drug-likeness (QED) is 0.461. The summed E-state index contributed by atoms with van der Waals surface area (Å²) in [4.78, 5) is 12.9. The highest BCUT2D eigenvalue weighted by molar-refractivity contribution is 7.99. The van der Waals surface area contributed by atoms with Gasteiger partial charge in [-0.15, -0.1) is 11.8 Å². The second kappa shape index (κ2) is 10.9. The van der Waals surface area contributed by atoms with Crippen molar-refractivity contribution in [2.24, 2.45) is 0 Å². The van der Waals surface area contributed by atoms with E-state index in [1.54, 1.807) is 0 Å². The third-order valence-corrected chi connectivity index (χ3v) is 9.92. The topological polar surface area (TPSA) is 121 Å². The number of anilines is 2. The lowest BCUT2D eigenvalue weighted by Gasteiger charge is -2.36. The molecular weight excluding hydrogens is 508 g/mol. The molecule has 1 atom stereocenters. The minimum Gasteiger partial charge on any atom is -0.481 e. The van der Waals surface area contributed by atoms with E-state index in [4.69, 9.17) is 5.11 Å². The van der Waals surface area contributed by atoms with Gasteiger partial charge >= 0.3 is 5.97 Å². The van der Waals surface area contributed by atoms with Gasteiger partial charge in [0.15, 0.2) is 9.84 Å². The first-order valence-corrected chi connectivity index (χ1v) is 16.0. The molecule has 3 rings (SSSR count). The zero-order chi connectivity index (χ0) is 25.9. The number of aliphatic carboxylic acids is 1. The number of hydrogen-bond donors (Lipinski definition) is 2. The number of nitrogens with one attached hydrogen (secondary N) is 1. The first-order valence-electron chi connectivity index (χ1n) is 11.5. The lowest BCUT2D eigenvalue weighted by atomic mass is 9.89. The summed E-state index contributed by atoms with van der Waals surface area (Å²) in [5.41, 5.74) is 0.582. The average molecular weight is 541 g/mol. The molecule has 0 fully saturated rings. The normalized spacial score (nSPS) is 19.7. The molecule has 0 aromatic heterocycles. The van der Waals surface area contributed by atoms with Gasteiger partial charge in [0.1, 0.15) is 4.90 Å². The van der Waals surface area contributed by atoms with E-state index in [-0.39, 0.29) is 26.9 Å².